The third kappa shape index (κ3) is 25.1. The van der Waals surface area contributed by atoms with Gasteiger partial charge in [-0.3, -0.25) is 19.9 Å². The minimum Gasteiger partial charge on any atom is -0.507 e. The van der Waals surface area contributed by atoms with Crippen LogP contribution in [0.2, 0.25) is 10.0 Å². The van der Waals surface area contributed by atoms with Gasteiger partial charge in [0.2, 0.25) is 0 Å². The average Bonchev–Trinajstić information content (AvgIpc) is 0.795. The van der Waals surface area contributed by atoms with Gasteiger partial charge in [0.15, 0.2) is 0 Å². The number of phenolic OH excluding ortho intramolecular Hbond substituents is 4. The number of hydrogen-bond donors (Lipinski definition) is 8. The first-order valence-electron chi connectivity index (χ1n) is 31.4. The number of aromatic hydroxyl groups is 4. The molecule has 0 aliphatic heterocycles. The number of nitrogens with zero attached hydrogens (tertiary/aromatic N) is 5. The first kappa shape index (κ1) is 82.9. The highest BCUT2D eigenvalue weighted by Crippen LogP contribution is 2.42. The average molecular weight is 1490 g/mol. The third-order valence-corrected chi connectivity index (χ3v) is 15.2. The van der Waals surface area contributed by atoms with Gasteiger partial charge in [0, 0.05) is 150 Å². The topological polar surface area (TPSA) is 204 Å². The van der Waals surface area contributed by atoms with Crippen LogP contribution in [0.4, 0.5) is 57.1 Å². The summed E-state index contributed by atoms with van der Waals surface area (Å²) in [5, 5.41) is 65.2. The van der Waals surface area contributed by atoms with E-state index in [-0.39, 0.29) is 68.4 Å². The molecule has 28 heteroatoms. The lowest BCUT2D eigenvalue weighted by Crippen LogP contribution is -2.35. The summed E-state index contributed by atoms with van der Waals surface area (Å²) >= 11 is 12.1. The number of hydrogen-bond acceptors (Lipinski definition) is 13. The summed E-state index contributed by atoms with van der Waals surface area (Å²) in [7, 11) is 0. The van der Waals surface area contributed by atoms with E-state index in [9.17, 15) is 82.8 Å². The van der Waals surface area contributed by atoms with E-state index in [0.29, 0.717) is 85.3 Å². The Labute approximate surface area is 597 Å². The van der Waals surface area contributed by atoms with Gasteiger partial charge in [-0.25, -0.2) is 4.39 Å². The molecule has 0 saturated heterocycles. The summed E-state index contributed by atoms with van der Waals surface area (Å²) in [4.78, 5) is 13.7. The second-order valence-electron chi connectivity index (χ2n) is 27.7. The zero-order valence-electron chi connectivity index (χ0n) is 57.9. The van der Waals surface area contributed by atoms with E-state index in [1.54, 1.807) is 30.3 Å². The van der Waals surface area contributed by atoms with Crippen molar-refractivity contribution < 1.29 is 77.5 Å². The number of phenols is 4. The van der Waals surface area contributed by atoms with Gasteiger partial charge in [-0.1, -0.05) is 59.6 Å². The summed E-state index contributed by atoms with van der Waals surface area (Å²) in [6.07, 6.45) is -13.9. The van der Waals surface area contributed by atoms with E-state index in [1.165, 1.54) is 36.4 Å². The van der Waals surface area contributed by atoms with Gasteiger partial charge in [-0.05, 0) is 179 Å². The Balaban J connectivity index is 0.000000217. The lowest BCUT2D eigenvalue weighted by molar-refractivity contribution is -0.141. The highest BCUT2D eigenvalue weighted by Gasteiger charge is 2.35. The Morgan fingerprint density at radius 1 is 0.340 bits per heavy atom. The lowest BCUT2D eigenvalue weighted by atomic mass is 9.95. The largest absolute Gasteiger partial charge is 0.507 e. The third-order valence-electron chi connectivity index (χ3n) is 14.7. The Bertz CT molecular complexity index is 4260. The number of alkyl halides is 12. The van der Waals surface area contributed by atoms with Crippen molar-refractivity contribution >= 4 is 23.2 Å². The molecule has 103 heavy (non-hydrogen) atoms. The predicted octanol–water partition coefficient (Wildman–Crippen LogP) is 20.4. The van der Waals surface area contributed by atoms with Gasteiger partial charge in [0.1, 0.15) is 51.6 Å². The van der Waals surface area contributed by atoms with E-state index < -0.39 is 53.3 Å². The van der Waals surface area contributed by atoms with Crippen molar-refractivity contribution in [2.45, 2.75) is 156 Å². The van der Waals surface area contributed by atoms with Crippen LogP contribution in [-0.2, 0) is 50.9 Å². The van der Waals surface area contributed by atoms with Crippen molar-refractivity contribution in [2.24, 2.45) is 0 Å². The Morgan fingerprint density at radius 2 is 0.621 bits per heavy atom. The molecule has 8 N–H and O–H groups in total. The van der Waals surface area contributed by atoms with Crippen LogP contribution in [0.25, 0.3) is 55.6 Å². The maximum Gasteiger partial charge on any atom is 0.433 e. The summed E-state index contributed by atoms with van der Waals surface area (Å²) in [6.45, 7) is 24.9. The number of benzene rings is 5. The predicted molar refractivity (Wildman–Crippen MR) is 372 cm³/mol. The summed E-state index contributed by atoms with van der Waals surface area (Å²) in [5.74, 6) is -0.885. The quantitative estimate of drug-likeness (QED) is 0.0507. The van der Waals surface area contributed by atoms with E-state index in [1.807, 2.05) is 107 Å². The van der Waals surface area contributed by atoms with Gasteiger partial charge < -0.3 is 41.7 Å². The first-order chi connectivity index (χ1) is 47.4. The Hall–Kier alpha value is -9.10. The van der Waals surface area contributed by atoms with Crippen LogP contribution in [0.5, 0.6) is 23.0 Å². The molecule has 9 rings (SSSR count). The fourth-order valence-corrected chi connectivity index (χ4v) is 9.69. The Morgan fingerprint density at radius 3 is 0.922 bits per heavy atom. The molecule has 9 aromatic rings. The van der Waals surface area contributed by atoms with Gasteiger partial charge >= 0.3 is 24.7 Å². The van der Waals surface area contributed by atoms with Gasteiger partial charge in [-0.2, -0.15) is 57.9 Å². The highest BCUT2D eigenvalue weighted by atomic mass is 35.5. The van der Waals surface area contributed by atoms with Crippen molar-refractivity contribution in [2.75, 3.05) is 0 Å². The van der Waals surface area contributed by atoms with E-state index in [0.717, 1.165) is 72.3 Å². The molecule has 0 bridgehead atoms. The zero-order valence-corrected chi connectivity index (χ0v) is 59.4. The number of aromatic nitrogens is 4. The Kier molecular flexibility index (Phi) is 26.6. The summed E-state index contributed by atoms with van der Waals surface area (Å²) < 4.78 is 166. The van der Waals surface area contributed by atoms with Crippen molar-refractivity contribution in [3.8, 4) is 84.7 Å². The molecule has 4 aromatic heterocycles. The van der Waals surface area contributed by atoms with Crippen LogP contribution in [0.3, 0.4) is 0 Å². The number of nitrogens with one attached hydrogen (secondary N) is 4. The number of nitriles is 1. The highest BCUT2D eigenvalue weighted by molar-refractivity contribution is 6.31. The smallest absolute Gasteiger partial charge is 0.433 e. The van der Waals surface area contributed by atoms with Gasteiger partial charge in [0.25, 0.3) is 0 Å². The molecule has 0 unspecified atom stereocenters. The van der Waals surface area contributed by atoms with Crippen LogP contribution in [0.15, 0.2) is 146 Å². The molecule has 550 valence electrons. The molecular formula is C75H76Cl2F13N9O4. The molecule has 0 radical (unpaired) electrons. The molecule has 5 aromatic carbocycles. The van der Waals surface area contributed by atoms with Crippen LogP contribution in [0, 0.1) is 17.1 Å². The molecule has 0 aliphatic rings. The van der Waals surface area contributed by atoms with Crippen molar-refractivity contribution in [1.82, 2.24) is 41.2 Å². The number of pyridine rings is 4. The molecule has 13 nitrogen and oxygen atoms in total. The molecule has 4 heterocycles. The SMILES string of the molecule is CC(C)(C)NCc1cc(-c2ccc(Cl)cc2)cc(-c2ccc(C(F)(F)F)nc2)c1O.CC(C)(C)NCc1cc(C#N)cc(-c2ccc(C(F)(F)F)nc2)c1O.CC(C)(C)NCc1cc(Cl)cc(-c2ccc(C(F)(F)F)nc2)c1O.CC(C)(C)NCc1cc(F)cc(-c2ccc(C(F)(F)F)nc2)c1O. The maximum atomic E-state index is 13.8. The van der Waals surface area contributed by atoms with Crippen LogP contribution in [-0.4, -0.2) is 62.5 Å². The van der Waals surface area contributed by atoms with Crippen molar-refractivity contribution in [3.63, 3.8) is 0 Å². The second kappa shape index (κ2) is 33.1. The molecule has 0 saturated carbocycles. The molecule has 0 fully saturated rings. The minimum absolute atomic E-state index is 0.00558. The second-order valence-corrected chi connectivity index (χ2v) is 28.6. The number of rotatable bonds is 13. The monoisotopic (exact) mass is 1480 g/mol. The van der Waals surface area contributed by atoms with E-state index in [4.69, 9.17) is 23.2 Å². The van der Waals surface area contributed by atoms with E-state index >= 15 is 0 Å². The maximum absolute atomic E-state index is 13.8. The normalized spacial score (nSPS) is 12.3. The molecule has 0 amide bonds. The van der Waals surface area contributed by atoms with Crippen LogP contribution < -0.4 is 21.3 Å². The van der Waals surface area contributed by atoms with Crippen LogP contribution in [0.1, 0.15) is 134 Å². The number of halogens is 15. The fraction of sp³-hybridized carbons (Fsp3) is 0.320. The fourth-order valence-electron chi connectivity index (χ4n) is 9.32. The summed E-state index contributed by atoms with van der Waals surface area (Å²) in [6, 6.07) is 29.6. The van der Waals surface area contributed by atoms with Crippen molar-refractivity contribution in [1.29, 1.82) is 5.26 Å². The molecular weight excluding hydrogens is 1410 g/mol. The van der Waals surface area contributed by atoms with Crippen LogP contribution >= 0.6 is 23.2 Å². The first-order valence-corrected chi connectivity index (χ1v) is 32.2. The minimum atomic E-state index is -4.55. The van der Waals surface area contributed by atoms with Gasteiger partial charge in [0.05, 0.1) is 11.6 Å². The summed E-state index contributed by atoms with van der Waals surface area (Å²) in [5.41, 5.74) is 1.57. The molecule has 0 aliphatic carbocycles. The zero-order chi connectivity index (χ0) is 77.2. The molecule has 0 spiro atoms. The van der Waals surface area contributed by atoms with Gasteiger partial charge in [-0.15, -0.1) is 0 Å². The van der Waals surface area contributed by atoms with Crippen molar-refractivity contribution in [3.05, 3.63) is 213 Å². The molecule has 0 atom stereocenters. The standard InChI is InChI=1S/C23H22ClF3N2O.C18H18F3N3O.C17H18ClF3N2O.C17H18F4N2O/c1-22(2,3)29-13-17-10-16(14-4-7-18(24)8-5-14)11-19(21(17)30)15-6-9-20(28-12-15)23(25,26)27;1-17(2,3)24-10-13-6-11(8-22)7-14(16(13)25)12-4-5-15(23-9-12)18(19,20)21;2*1-16(2,3)23-9-11-6-12(18)7-13(15(11)24)10-4-5-14(22-8-10)17(19,20)21/h4-12,29-30H,13H2,1-3H3;4-7,9,24-25H,10H2,1-3H3;2*4-8,23-24H,9H2,1-3H3. The lowest BCUT2D eigenvalue weighted by Gasteiger charge is -2.22. The van der Waals surface area contributed by atoms with E-state index in [2.05, 4.69) is 41.2 Å².